The number of nitrogens with two attached hydrogens (primary N) is 1. The van der Waals surface area contributed by atoms with Crippen molar-refractivity contribution in [1.82, 2.24) is 9.97 Å². The molecule has 1 heterocycles. The first kappa shape index (κ1) is 11.6. The van der Waals surface area contributed by atoms with Gasteiger partial charge in [0.25, 0.3) is 0 Å². The zero-order valence-corrected chi connectivity index (χ0v) is 10.7. The normalized spacial score (nSPS) is 17.9. The average Bonchev–Trinajstić information content (AvgIpc) is 2.15. The van der Waals surface area contributed by atoms with E-state index in [1.165, 1.54) is 6.42 Å². The largest absolute Gasteiger partial charge is 0.383 e. The van der Waals surface area contributed by atoms with Gasteiger partial charge in [0.15, 0.2) is 0 Å². The molecule has 1 aromatic heterocycles. The monoisotopic (exact) mass is 286 g/mol. The molecule has 0 unspecified atom stereocenters. The lowest BCUT2D eigenvalue weighted by Gasteiger charge is -2.40. The van der Waals surface area contributed by atoms with E-state index < -0.39 is 0 Å². The van der Waals surface area contributed by atoms with Crippen molar-refractivity contribution in [3.8, 4) is 0 Å². The van der Waals surface area contributed by atoms with E-state index in [0.29, 0.717) is 16.4 Å². The van der Waals surface area contributed by atoms with Gasteiger partial charge in [0, 0.05) is 19.7 Å². The molecule has 0 saturated heterocycles. The van der Waals surface area contributed by atoms with E-state index in [9.17, 15) is 0 Å². The van der Waals surface area contributed by atoms with Gasteiger partial charge < -0.3 is 15.8 Å². The first-order valence-electron chi connectivity index (χ1n) is 5.23. The Bertz CT molecular complexity index is 355. The van der Waals surface area contributed by atoms with Gasteiger partial charge in [-0.3, -0.25) is 0 Å². The highest BCUT2D eigenvalue weighted by molar-refractivity contribution is 9.10. The van der Waals surface area contributed by atoms with Crippen LogP contribution >= 0.6 is 15.9 Å². The molecule has 0 bridgehead atoms. The molecule has 0 amide bonds. The maximum absolute atomic E-state index is 5.63. The van der Waals surface area contributed by atoms with Gasteiger partial charge in [0.2, 0.25) is 5.95 Å². The molecule has 5 nitrogen and oxygen atoms in total. The Hall–Kier alpha value is -0.880. The van der Waals surface area contributed by atoms with Gasteiger partial charge in [-0.15, -0.1) is 0 Å². The van der Waals surface area contributed by atoms with E-state index in [1.807, 2.05) is 0 Å². The molecular weight excluding hydrogens is 272 g/mol. The lowest BCUT2D eigenvalue weighted by molar-refractivity contribution is -0.0602. The zero-order chi connectivity index (χ0) is 11.6. The third kappa shape index (κ3) is 2.44. The summed E-state index contributed by atoms with van der Waals surface area (Å²) >= 11 is 3.28. The first-order chi connectivity index (χ1) is 7.63. The zero-order valence-electron chi connectivity index (χ0n) is 9.16. The maximum Gasteiger partial charge on any atom is 0.225 e. The summed E-state index contributed by atoms with van der Waals surface area (Å²) in [5.74, 6) is 0.986. The molecule has 0 radical (unpaired) electrons. The van der Waals surface area contributed by atoms with Crippen LogP contribution in [-0.4, -0.2) is 29.2 Å². The van der Waals surface area contributed by atoms with Crippen LogP contribution in [0.5, 0.6) is 0 Å². The summed E-state index contributed by atoms with van der Waals surface area (Å²) in [5, 5.41) is 3.16. The highest BCUT2D eigenvalue weighted by Gasteiger charge is 2.36. The van der Waals surface area contributed by atoms with E-state index in [2.05, 4.69) is 31.2 Å². The molecule has 88 valence electrons. The van der Waals surface area contributed by atoms with Gasteiger partial charge in [-0.05, 0) is 35.2 Å². The summed E-state index contributed by atoms with van der Waals surface area (Å²) in [5.41, 5.74) is 5.58. The van der Waals surface area contributed by atoms with E-state index in [0.717, 1.165) is 19.4 Å². The standard InChI is InChI=1S/C10H15BrN4O/c1-16-10(3-2-4-10)6-13-9-14-7(11)5-8(12)15-9/h5H,2-4,6H2,1H3,(H3,12,13,14,15). The van der Waals surface area contributed by atoms with Crippen molar-refractivity contribution in [3.63, 3.8) is 0 Å². The molecule has 3 N–H and O–H groups in total. The minimum Gasteiger partial charge on any atom is -0.383 e. The predicted octanol–water partition coefficient (Wildman–Crippen LogP) is 1.80. The lowest BCUT2D eigenvalue weighted by atomic mass is 9.80. The number of ether oxygens (including phenoxy) is 1. The molecule has 1 aliphatic rings. The van der Waals surface area contributed by atoms with Crippen molar-refractivity contribution < 1.29 is 4.74 Å². The summed E-state index contributed by atoms with van der Waals surface area (Å²) in [7, 11) is 1.75. The Morgan fingerprint density at radius 2 is 2.31 bits per heavy atom. The number of anilines is 2. The van der Waals surface area contributed by atoms with Crippen LogP contribution in [0.25, 0.3) is 0 Å². The summed E-state index contributed by atoms with van der Waals surface area (Å²) < 4.78 is 6.18. The van der Waals surface area contributed by atoms with Gasteiger partial charge in [-0.2, -0.15) is 4.98 Å². The van der Waals surface area contributed by atoms with Crippen LogP contribution in [0.3, 0.4) is 0 Å². The molecule has 0 aromatic carbocycles. The van der Waals surface area contributed by atoms with Crippen LogP contribution in [-0.2, 0) is 4.74 Å². The van der Waals surface area contributed by atoms with Crippen LogP contribution in [0.4, 0.5) is 11.8 Å². The average molecular weight is 287 g/mol. The van der Waals surface area contributed by atoms with Gasteiger partial charge in [0.1, 0.15) is 10.4 Å². The number of nitrogen functional groups attached to an aromatic ring is 1. The van der Waals surface area contributed by atoms with Gasteiger partial charge >= 0.3 is 0 Å². The molecule has 2 rings (SSSR count). The van der Waals surface area contributed by atoms with Crippen LogP contribution in [0.2, 0.25) is 0 Å². The van der Waals surface area contributed by atoms with E-state index in [4.69, 9.17) is 10.5 Å². The van der Waals surface area contributed by atoms with Crippen molar-refractivity contribution in [3.05, 3.63) is 10.7 Å². The molecule has 1 aliphatic carbocycles. The summed E-state index contributed by atoms with van der Waals surface area (Å²) in [6.07, 6.45) is 3.39. The molecule has 6 heteroatoms. The smallest absolute Gasteiger partial charge is 0.225 e. The van der Waals surface area contributed by atoms with Crippen molar-refractivity contribution in [2.75, 3.05) is 24.7 Å². The fraction of sp³-hybridized carbons (Fsp3) is 0.600. The number of methoxy groups -OCH3 is 1. The van der Waals surface area contributed by atoms with Crippen molar-refractivity contribution in [2.45, 2.75) is 24.9 Å². The van der Waals surface area contributed by atoms with Crippen LogP contribution in [0.1, 0.15) is 19.3 Å². The number of aromatic nitrogens is 2. The summed E-state index contributed by atoms with van der Waals surface area (Å²) in [4.78, 5) is 8.29. The summed E-state index contributed by atoms with van der Waals surface area (Å²) in [6.45, 7) is 0.722. The van der Waals surface area contributed by atoms with Crippen molar-refractivity contribution in [2.24, 2.45) is 0 Å². The molecule has 1 fully saturated rings. The third-order valence-electron chi connectivity index (χ3n) is 2.98. The topological polar surface area (TPSA) is 73.1 Å². The quantitative estimate of drug-likeness (QED) is 0.826. The Labute approximate surface area is 103 Å². The first-order valence-corrected chi connectivity index (χ1v) is 6.02. The minimum absolute atomic E-state index is 0.0412. The molecule has 16 heavy (non-hydrogen) atoms. The second kappa shape index (κ2) is 4.55. The molecule has 0 aliphatic heterocycles. The van der Waals surface area contributed by atoms with E-state index in [1.54, 1.807) is 13.2 Å². The number of rotatable bonds is 4. The fourth-order valence-corrected chi connectivity index (χ4v) is 2.18. The van der Waals surface area contributed by atoms with Gasteiger partial charge in [0.05, 0.1) is 5.60 Å². The van der Waals surface area contributed by atoms with Crippen molar-refractivity contribution >= 4 is 27.7 Å². The maximum atomic E-state index is 5.63. The van der Waals surface area contributed by atoms with E-state index >= 15 is 0 Å². The Balaban J connectivity index is 1.98. The van der Waals surface area contributed by atoms with Crippen molar-refractivity contribution in [1.29, 1.82) is 0 Å². The lowest BCUT2D eigenvalue weighted by Crippen LogP contribution is -2.45. The van der Waals surface area contributed by atoms with Gasteiger partial charge in [-0.25, -0.2) is 4.98 Å². The highest BCUT2D eigenvalue weighted by Crippen LogP contribution is 2.34. The second-order valence-corrected chi connectivity index (χ2v) is 4.85. The number of halogens is 1. The summed E-state index contributed by atoms with van der Waals surface area (Å²) in [6, 6.07) is 1.67. The molecule has 1 aromatic rings. The van der Waals surface area contributed by atoms with Gasteiger partial charge in [-0.1, -0.05) is 0 Å². The van der Waals surface area contributed by atoms with Crippen LogP contribution < -0.4 is 11.1 Å². The SMILES string of the molecule is COC1(CNc2nc(N)cc(Br)n2)CCC1. The Morgan fingerprint density at radius 3 is 2.81 bits per heavy atom. The molecule has 1 saturated carbocycles. The predicted molar refractivity (Wildman–Crippen MR) is 66.2 cm³/mol. The number of nitrogens with zero attached hydrogens (tertiary/aromatic N) is 2. The molecule has 0 atom stereocenters. The number of hydrogen-bond donors (Lipinski definition) is 2. The van der Waals surface area contributed by atoms with Crippen LogP contribution in [0.15, 0.2) is 10.7 Å². The molecule has 0 spiro atoms. The van der Waals surface area contributed by atoms with Crippen LogP contribution in [0, 0.1) is 0 Å². The Kier molecular flexibility index (Phi) is 3.30. The number of nitrogens with one attached hydrogen (secondary N) is 1. The van der Waals surface area contributed by atoms with E-state index in [-0.39, 0.29) is 5.60 Å². The number of hydrogen-bond acceptors (Lipinski definition) is 5. The molecular formula is C10H15BrN4O. The minimum atomic E-state index is -0.0412. The third-order valence-corrected chi connectivity index (χ3v) is 3.39. The highest BCUT2D eigenvalue weighted by atomic mass is 79.9. The fourth-order valence-electron chi connectivity index (χ4n) is 1.78. The Morgan fingerprint density at radius 1 is 1.56 bits per heavy atom. The second-order valence-electron chi connectivity index (χ2n) is 4.03.